The Morgan fingerprint density at radius 2 is 1.46 bits per heavy atom. The summed E-state index contributed by atoms with van der Waals surface area (Å²) in [5.74, 6) is -0.371. The molecule has 0 aliphatic rings. The molecule has 3 rings (SSSR count). The van der Waals surface area contributed by atoms with Gasteiger partial charge in [-0.1, -0.05) is 63.5 Å². The number of carbonyl (C=O) groups excluding carboxylic acids is 2. The Kier molecular flexibility index (Phi) is 5.33. The van der Waals surface area contributed by atoms with Crippen LogP contribution in [0, 0.1) is 13.8 Å². The van der Waals surface area contributed by atoms with Crippen LogP contribution in [-0.2, 0) is 0 Å². The van der Waals surface area contributed by atoms with Crippen molar-refractivity contribution < 1.29 is 9.59 Å². The first-order valence-electron chi connectivity index (χ1n) is 8.23. The Bertz CT molecular complexity index is 960. The van der Waals surface area contributed by atoms with Crippen molar-refractivity contribution in [2.75, 3.05) is 5.32 Å². The van der Waals surface area contributed by atoms with Gasteiger partial charge in [-0.05, 0) is 44.2 Å². The van der Waals surface area contributed by atoms with Gasteiger partial charge in [0.2, 0.25) is 0 Å². The number of hydrogen-bond acceptors (Lipinski definition) is 2. The van der Waals surface area contributed by atoms with Crippen LogP contribution in [0.4, 0.5) is 5.69 Å². The van der Waals surface area contributed by atoms with Crippen molar-refractivity contribution in [3.63, 3.8) is 0 Å². The maximum atomic E-state index is 12.9. The normalized spacial score (nSPS) is 10.4. The Morgan fingerprint density at radius 1 is 0.808 bits per heavy atom. The van der Waals surface area contributed by atoms with Gasteiger partial charge in [-0.3, -0.25) is 9.59 Å². The fourth-order valence-corrected chi connectivity index (χ4v) is 3.22. The minimum absolute atomic E-state index is 0.136. The van der Waals surface area contributed by atoms with E-state index in [9.17, 15) is 9.59 Å². The van der Waals surface area contributed by atoms with E-state index in [0.29, 0.717) is 22.4 Å². The van der Waals surface area contributed by atoms with Gasteiger partial charge >= 0.3 is 0 Å². The predicted molar refractivity (Wildman–Crippen MR) is 108 cm³/mol. The highest BCUT2D eigenvalue weighted by molar-refractivity contribution is 9.10. The molecule has 0 spiro atoms. The molecule has 3 aromatic rings. The van der Waals surface area contributed by atoms with E-state index in [2.05, 4.69) is 21.2 Å². The SMILES string of the molecule is Cc1cc(C)cc(C(=O)Nc2ccc(Br)cc2C(=O)c2ccccc2)c1. The number of carbonyl (C=O) groups is 2. The third-order valence-corrected chi connectivity index (χ3v) is 4.49. The second-order valence-corrected chi connectivity index (χ2v) is 7.13. The first kappa shape index (κ1) is 18.1. The molecule has 0 atom stereocenters. The average Bonchev–Trinajstić information content (AvgIpc) is 2.62. The lowest BCUT2D eigenvalue weighted by atomic mass is 10.0. The fourth-order valence-electron chi connectivity index (χ4n) is 2.86. The number of amides is 1. The highest BCUT2D eigenvalue weighted by Gasteiger charge is 2.17. The van der Waals surface area contributed by atoms with Gasteiger partial charge < -0.3 is 5.32 Å². The molecule has 3 nitrogen and oxygen atoms in total. The Morgan fingerprint density at radius 3 is 2.12 bits per heavy atom. The topological polar surface area (TPSA) is 46.2 Å². The maximum absolute atomic E-state index is 12.9. The van der Waals surface area contributed by atoms with E-state index in [-0.39, 0.29) is 11.7 Å². The monoisotopic (exact) mass is 407 g/mol. The van der Waals surface area contributed by atoms with Gasteiger partial charge in [0.05, 0.1) is 5.69 Å². The van der Waals surface area contributed by atoms with Crippen molar-refractivity contribution in [2.45, 2.75) is 13.8 Å². The van der Waals surface area contributed by atoms with Crippen molar-refractivity contribution in [3.8, 4) is 0 Å². The van der Waals surface area contributed by atoms with Crippen LogP contribution in [0.15, 0.2) is 71.2 Å². The van der Waals surface area contributed by atoms with Crippen LogP contribution in [0.25, 0.3) is 0 Å². The molecule has 0 aliphatic heterocycles. The second kappa shape index (κ2) is 7.67. The summed E-state index contributed by atoms with van der Waals surface area (Å²) >= 11 is 3.40. The van der Waals surface area contributed by atoms with E-state index < -0.39 is 0 Å². The number of ketones is 1. The maximum Gasteiger partial charge on any atom is 0.255 e. The highest BCUT2D eigenvalue weighted by Crippen LogP contribution is 2.25. The number of aryl methyl sites for hydroxylation is 2. The summed E-state index contributed by atoms with van der Waals surface area (Å²) in [4.78, 5) is 25.6. The van der Waals surface area contributed by atoms with Crippen molar-refractivity contribution >= 4 is 33.3 Å². The van der Waals surface area contributed by atoms with Crippen LogP contribution in [-0.4, -0.2) is 11.7 Å². The van der Waals surface area contributed by atoms with Gasteiger partial charge in [-0.15, -0.1) is 0 Å². The van der Waals surface area contributed by atoms with Crippen molar-refractivity contribution in [2.24, 2.45) is 0 Å². The van der Waals surface area contributed by atoms with E-state index in [1.807, 2.05) is 50.2 Å². The first-order chi connectivity index (χ1) is 12.4. The summed E-state index contributed by atoms with van der Waals surface area (Å²) in [5.41, 5.74) is 4.13. The molecule has 0 aromatic heterocycles. The smallest absolute Gasteiger partial charge is 0.255 e. The van der Waals surface area contributed by atoms with Gasteiger partial charge in [0.15, 0.2) is 5.78 Å². The number of hydrogen-bond donors (Lipinski definition) is 1. The molecule has 26 heavy (non-hydrogen) atoms. The molecule has 0 saturated heterocycles. The summed E-state index contributed by atoms with van der Waals surface area (Å²) in [7, 11) is 0. The lowest BCUT2D eigenvalue weighted by molar-refractivity contribution is 0.102. The van der Waals surface area contributed by atoms with E-state index in [1.165, 1.54) is 0 Å². The fraction of sp³-hybridized carbons (Fsp3) is 0.0909. The van der Waals surface area contributed by atoms with Crippen LogP contribution < -0.4 is 5.32 Å². The van der Waals surface area contributed by atoms with Crippen LogP contribution in [0.2, 0.25) is 0 Å². The molecule has 4 heteroatoms. The molecular formula is C22H18BrNO2. The minimum Gasteiger partial charge on any atom is -0.321 e. The Balaban J connectivity index is 1.95. The minimum atomic E-state index is -0.235. The summed E-state index contributed by atoms with van der Waals surface area (Å²) in [6.07, 6.45) is 0. The molecule has 1 N–H and O–H groups in total. The molecule has 130 valence electrons. The number of benzene rings is 3. The zero-order valence-electron chi connectivity index (χ0n) is 14.5. The van der Waals surface area contributed by atoms with Gasteiger partial charge in [-0.2, -0.15) is 0 Å². The average molecular weight is 408 g/mol. The Labute approximate surface area is 161 Å². The number of anilines is 1. The molecule has 1 amide bonds. The standard InChI is InChI=1S/C22H18BrNO2/c1-14-10-15(2)12-17(11-14)22(26)24-20-9-8-18(23)13-19(20)21(25)16-6-4-3-5-7-16/h3-13H,1-2H3,(H,24,26). The largest absolute Gasteiger partial charge is 0.321 e. The third kappa shape index (κ3) is 4.09. The molecule has 0 bridgehead atoms. The van der Waals surface area contributed by atoms with Crippen molar-refractivity contribution in [1.82, 2.24) is 0 Å². The zero-order chi connectivity index (χ0) is 18.7. The number of halogens is 1. The Hall–Kier alpha value is -2.72. The molecule has 3 aromatic carbocycles. The first-order valence-corrected chi connectivity index (χ1v) is 9.02. The summed E-state index contributed by atoms with van der Waals surface area (Å²) in [6.45, 7) is 3.90. The van der Waals surface area contributed by atoms with Gasteiger partial charge in [0, 0.05) is 21.2 Å². The summed E-state index contributed by atoms with van der Waals surface area (Å²) in [6, 6.07) is 20.0. The molecule has 0 fully saturated rings. The zero-order valence-corrected chi connectivity index (χ0v) is 16.1. The van der Waals surface area contributed by atoms with Crippen LogP contribution in [0.1, 0.15) is 37.4 Å². The van der Waals surface area contributed by atoms with Crippen LogP contribution in [0.5, 0.6) is 0 Å². The van der Waals surface area contributed by atoms with Crippen molar-refractivity contribution in [3.05, 3.63) is 99.0 Å². The molecule has 0 unspecified atom stereocenters. The molecule has 0 radical (unpaired) electrons. The molecule has 0 heterocycles. The van der Waals surface area contributed by atoms with Crippen molar-refractivity contribution in [1.29, 1.82) is 0 Å². The predicted octanol–water partition coefficient (Wildman–Crippen LogP) is 5.55. The molecule has 0 aliphatic carbocycles. The lowest BCUT2D eigenvalue weighted by Gasteiger charge is -2.12. The number of rotatable bonds is 4. The summed E-state index contributed by atoms with van der Waals surface area (Å²) < 4.78 is 0.779. The van der Waals surface area contributed by atoms with E-state index in [1.54, 1.807) is 30.3 Å². The quantitative estimate of drug-likeness (QED) is 0.576. The van der Waals surface area contributed by atoms with E-state index in [0.717, 1.165) is 15.6 Å². The molecular weight excluding hydrogens is 390 g/mol. The number of nitrogens with one attached hydrogen (secondary N) is 1. The van der Waals surface area contributed by atoms with Gasteiger partial charge in [0.25, 0.3) is 5.91 Å². The van der Waals surface area contributed by atoms with E-state index in [4.69, 9.17) is 0 Å². The van der Waals surface area contributed by atoms with Crippen LogP contribution >= 0.6 is 15.9 Å². The van der Waals surface area contributed by atoms with Gasteiger partial charge in [-0.25, -0.2) is 0 Å². The second-order valence-electron chi connectivity index (χ2n) is 6.22. The highest BCUT2D eigenvalue weighted by atomic mass is 79.9. The van der Waals surface area contributed by atoms with Gasteiger partial charge in [0.1, 0.15) is 0 Å². The van der Waals surface area contributed by atoms with Crippen LogP contribution in [0.3, 0.4) is 0 Å². The molecule has 0 saturated carbocycles. The third-order valence-electron chi connectivity index (χ3n) is 3.99. The summed E-state index contributed by atoms with van der Waals surface area (Å²) in [5, 5.41) is 2.88. The lowest BCUT2D eigenvalue weighted by Crippen LogP contribution is -2.15. The van der Waals surface area contributed by atoms with E-state index >= 15 is 0 Å².